The van der Waals surface area contributed by atoms with E-state index in [0.717, 1.165) is 36.3 Å². The van der Waals surface area contributed by atoms with Crippen LogP contribution in [0.5, 0.6) is 0 Å². The Balaban J connectivity index is 2.21. The van der Waals surface area contributed by atoms with Crippen molar-refractivity contribution in [3.63, 3.8) is 0 Å². The molecule has 1 unspecified atom stereocenters. The number of fused-ring (bicyclic) bond motifs is 1. The van der Waals surface area contributed by atoms with Gasteiger partial charge >= 0.3 is 0 Å². The van der Waals surface area contributed by atoms with E-state index in [1.807, 2.05) is 6.92 Å². The van der Waals surface area contributed by atoms with Gasteiger partial charge in [0.1, 0.15) is 0 Å². The Kier molecular flexibility index (Phi) is 4.36. The lowest BCUT2D eigenvalue weighted by Gasteiger charge is -2.20. The molecule has 1 heterocycles. The average molecular weight is 281 g/mol. The highest BCUT2D eigenvalue weighted by molar-refractivity contribution is 7.15. The molecule has 6 nitrogen and oxygen atoms in total. The molecule has 19 heavy (non-hydrogen) atoms. The van der Waals surface area contributed by atoms with E-state index < -0.39 is 0 Å². The van der Waals surface area contributed by atoms with Gasteiger partial charge in [-0.15, -0.1) is 0 Å². The third-order valence-electron chi connectivity index (χ3n) is 3.03. The van der Waals surface area contributed by atoms with Crippen molar-refractivity contribution >= 4 is 28.3 Å². The summed E-state index contributed by atoms with van der Waals surface area (Å²) in [4.78, 5) is 21.6. The number of thiazole rings is 1. The maximum atomic E-state index is 12.1. The highest BCUT2D eigenvalue weighted by Gasteiger charge is 2.29. The second-order valence-corrected chi connectivity index (χ2v) is 5.64. The SMILES string of the molecule is CCCNC(=O)C1CCCc2sc(N=C(N)N)nc21. The summed E-state index contributed by atoms with van der Waals surface area (Å²) in [5.41, 5.74) is 11.6. The molecule has 0 spiro atoms. The molecule has 7 heteroatoms. The van der Waals surface area contributed by atoms with Crippen LogP contribution in [0.25, 0.3) is 0 Å². The number of rotatable bonds is 4. The number of nitrogens with one attached hydrogen (secondary N) is 1. The second-order valence-electron chi connectivity index (χ2n) is 4.58. The monoisotopic (exact) mass is 281 g/mol. The third kappa shape index (κ3) is 3.23. The van der Waals surface area contributed by atoms with Gasteiger partial charge < -0.3 is 16.8 Å². The minimum absolute atomic E-state index is 0.00178. The van der Waals surface area contributed by atoms with E-state index in [4.69, 9.17) is 11.5 Å². The predicted molar refractivity (Wildman–Crippen MR) is 76.6 cm³/mol. The number of aliphatic imine (C=N–C) groups is 1. The van der Waals surface area contributed by atoms with E-state index in [0.29, 0.717) is 11.7 Å². The fourth-order valence-corrected chi connectivity index (χ4v) is 3.24. The first-order chi connectivity index (χ1) is 9.11. The number of guanidine groups is 1. The summed E-state index contributed by atoms with van der Waals surface area (Å²) in [6.45, 7) is 2.74. The molecule has 1 aromatic heterocycles. The molecule has 5 N–H and O–H groups in total. The van der Waals surface area contributed by atoms with Gasteiger partial charge in [-0.25, -0.2) is 4.98 Å². The van der Waals surface area contributed by atoms with Crippen LogP contribution in [0.3, 0.4) is 0 Å². The van der Waals surface area contributed by atoms with Crippen LogP contribution < -0.4 is 16.8 Å². The number of nitrogens with two attached hydrogens (primary N) is 2. The maximum absolute atomic E-state index is 12.1. The van der Waals surface area contributed by atoms with Crippen LogP contribution in [0, 0.1) is 0 Å². The number of carbonyl (C=O) groups excluding carboxylic acids is 1. The molecule has 1 atom stereocenters. The highest BCUT2D eigenvalue weighted by Crippen LogP contribution is 2.37. The van der Waals surface area contributed by atoms with E-state index in [2.05, 4.69) is 15.3 Å². The molecule has 0 aliphatic heterocycles. The lowest BCUT2D eigenvalue weighted by molar-refractivity contribution is -0.122. The number of aromatic nitrogens is 1. The number of nitrogens with zero attached hydrogens (tertiary/aromatic N) is 2. The summed E-state index contributed by atoms with van der Waals surface area (Å²) in [6, 6.07) is 0. The van der Waals surface area contributed by atoms with Crippen molar-refractivity contribution in [2.75, 3.05) is 6.54 Å². The highest BCUT2D eigenvalue weighted by atomic mass is 32.1. The first kappa shape index (κ1) is 13.8. The van der Waals surface area contributed by atoms with Gasteiger partial charge in [-0.3, -0.25) is 4.79 Å². The van der Waals surface area contributed by atoms with Gasteiger partial charge in [0.15, 0.2) is 5.96 Å². The van der Waals surface area contributed by atoms with Gasteiger partial charge in [0.05, 0.1) is 11.6 Å². The summed E-state index contributed by atoms with van der Waals surface area (Å²) in [5, 5.41) is 3.48. The predicted octanol–water partition coefficient (Wildman–Crippen LogP) is 0.994. The molecule has 0 saturated carbocycles. The topological polar surface area (TPSA) is 106 Å². The summed E-state index contributed by atoms with van der Waals surface area (Å²) in [6.07, 6.45) is 3.72. The molecule has 1 amide bonds. The average Bonchev–Trinajstić information content (AvgIpc) is 2.76. The van der Waals surface area contributed by atoms with Gasteiger partial charge in [-0.1, -0.05) is 18.3 Å². The number of amides is 1. The fourth-order valence-electron chi connectivity index (χ4n) is 2.19. The Hall–Kier alpha value is -1.63. The molecule has 2 rings (SSSR count). The van der Waals surface area contributed by atoms with Crippen molar-refractivity contribution in [1.29, 1.82) is 0 Å². The maximum Gasteiger partial charge on any atom is 0.229 e. The van der Waals surface area contributed by atoms with Crippen LogP contribution in [0.1, 0.15) is 42.7 Å². The van der Waals surface area contributed by atoms with Gasteiger partial charge in [-0.05, 0) is 25.7 Å². The Morgan fingerprint density at radius 2 is 2.37 bits per heavy atom. The lowest BCUT2D eigenvalue weighted by atomic mass is 9.90. The van der Waals surface area contributed by atoms with Gasteiger partial charge in [0.2, 0.25) is 11.0 Å². The van der Waals surface area contributed by atoms with Crippen LogP contribution in [-0.2, 0) is 11.2 Å². The molecular formula is C12H19N5OS. The molecular weight excluding hydrogens is 262 g/mol. The normalized spacial score (nSPS) is 17.6. The summed E-state index contributed by atoms with van der Waals surface area (Å²) >= 11 is 1.47. The standard InChI is InChI=1S/C12H19N5OS/c1-2-6-15-10(18)7-4-3-5-8-9(7)16-12(19-8)17-11(13)14/h7H,2-6H2,1H3,(H,15,18)(H4,13,14,16,17). The van der Waals surface area contributed by atoms with Crippen molar-refractivity contribution in [2.45, 2.75) is 38.5 Å². The summed E-state index contributed by atoms with van der Waals surface area (Å²) in [5.74, 6) is -0.100. The molecule has 1 aliphatic rings. The zero-order chi connectivity index (χ0) is 13.8. The molecule has 1 aromatic rings. The van der Waals surface area contributed by atoms with Crippen molar-refractivity contribution < 1.29 is 4.79 Å². The van der Waals surface area contributed by atoms with Crippen LogP contribution in [-0.4, -0.2) is 23.4 Å². The number of aryl methyl sites for hydroxylation is 1. The Morgan fingerprint density at radius 1 is 1.58 bits per heavy atom. The van der Waals surface area contributed by atoms with E-state index >= 15 is 0 Å². The molecule has 0 bridgehead atoms. The molecule has 1 aliphatic carbocycles. The van der Waals surface area contributed by atoms with Gasteiger partial charge in [-0.2, -0.15) is 4.99 Å². The van der Waals surface area contributed by atoms with E-state index in [-0.39, 0.29) is 17.8 Å². The van der Waals surface area contributed by atoms with E-state index in [1.165, 1.54) is 11.3 Å². The van der Waals surface area contributed by atoms with Crippen LogP contribution in [0.15, 0.2) is 4.99 Å². The van der Waals surface area contributed by atoms with Crippen LogP contribution >= 0.6 is 11.3 Å². The van der Waals surface area contributed by atoms with Gasteiger partial charge in [0.25, 0.3) is 0 Å². The Labute approximate surface area is 116 Å². The van der Waals surface area contributed by atoms with Crippen molar-refractivity contribution in [2.24, 2.45) is 16.5 Å². The fraction of sp³-hybridized carbons (Fsp3) is 0.583. The second kappa shape index (κ2) is 6.01. The van der Waals surface area contributed by atoms with Crippen LogP contribution in [0.2, 0.25) is 0 Å². The van der Waals surface area contributed by atoms with Crippen molar-refractivity contribution in [1.82, 2.24) is 10.3 Å². The van der Waals surface area contributed by atoms with E-state index in [9.17, 15) is 4.79 Å². The molecule has 104 valence electrons. The van der Waals surface area contributed by atoms with Crippen molar-refractivity contribution in [3.05, 3.63) is 10.6 Å². The minimum Gasteiger partial charge on any atom is -0.370 e. The summed E-state index contributed by atoms with van der Waals surface area (Å²) < 4.78 is 0. The first-order valence-electron chi connectivity index (χ1n) is 6.48. The molecule has 0 aromatic carbocycles. The van der Waals surface area contributed by atoms with Crippen molar-refractivity contribution in [3.8, 4) is 0 Å². The quantitative estimate of drug-likeness (QED) is 0.565. The first-order valence-corrected chi connectivity index (χ1v) is 7.30. The smallest absolute Gasteiger partial charge is 0.229 e. The molecule has 0 radical (unpaired) electrons. The number of hydrogen-bond acceptors (Lipinski definition) is 4. The number of carbonyl (C=O) groups is 1. The van der Waals surface area contributed by atoms with Crippen LogP contribution in [0.4, 0.5) is 5.13 Å². The molecule has 0 fully saturated rings. The van der Waals surface area contributed by atoms with Gasteiger partial charge in [0, 0.05) is 11.4 Å². The third-order valence-corrected chi connectivity index (χ3v) is 4.06. The number of hydrogen-bond donors (Lipinski definition) is 3. The minimum atomic E-state index is -0.158. The Morgan fingerprint density at radius 3 is 3.05 bits per heavy atom. The molecule has 0 saturated heterocycles. The lowest BCUT2D eigenvalue weighted by Crippen LogP contribution is -2.31. The Bertz CT molecular complexity index is 492. The summed E-state index contributed by atoms with van der Waals surface area (Å²) in [7, 11) is 0. The van der Waals surface area contributed by atoms with E-state index in [1.54, 1.807) is 0 Å². The largest absolute Gasteiger partial charge is 0.370 e. The zero-order valence-electron chi connectivity index (χ0n) is 11.0. The zero-order valence-corrected chi connectivity index (χ0v) is 11.8.